The van der Waals surface area contributed by atoms with Crippen LogP contribution in [0.15, 0.2) is 35.8 Å². The van der Waals surface area contributed by atoms with Crippen molar-refractivity contribution in [2.24, 2.45) is 7.05 Å². The number of amides is 1. The van der Waals surface area contributed by atoms with Crippen LogP contribution in [0.25, 0.3) is 10.1 Å². The van der Waals surface area contributed by atoms with Crippen LogP contribution in [0.1, 0.15) is 16.1 Å². The zero-order valence-corrected chi connectivity index (χ0v) is 11.5. The van der Waals surface area contributed by atoms with Gasteiger partial charge >= 0.3 is 0 Å². The van der Waals surface area contributed by atoms with Crippen LogP contribution in [0.4, 0.5) is 5.69 Å². The van der Waals surface area contributed by atoms with Crippen molar-refractivity contribution in [1.29, 1.82) is 0 Å². The Hall–Kier alpha value is -2.14. The number of fused-ring (bicyclic) bond motifs is 1. The van der Waals surface area contributed by atoms with E-state index in [1.165, 1.54) is 4.70 Å². The second-order valence-electron chi connectivity index (χ2n) is 4.46. The number of hydrogen-bond acceptors (Lipinski definition) is 3. The molecule has 0 aliphatic rings. The minimum absolute atomic E-state index is 0.173. The molecule has 19 heavy (non-hydrogen) atoms. The van der Waals surface area contributed by atoms with E-state index in [0.717, 1.165) is 16.6 Å². The van der Waals surface area contributed by atoms with Crippen LogP contribution >= 0.6 is 11.3 Å². The minimum Gasteiger partial charge on any atom is -0.321 e. The summed E-state index contributed by atoms with van der Waals surface area (Å²) in [4.78, 5) is 12.1. The highest BCUT2D eigenvalue weighted by Crippen LogP contribution is 2.24. The van der Waals surface area contributed by atoms with Gasteiger partial charge in [-0.3, -0.25) is 9.48 Å². The highest BCUT2D eigenvalue weighted by Gasteiger charge is 2.13. The highest BCUT2D eigenvalue weighted by atomic mass is 32.1. The summed E-state index contributed by atoms with van der Waals surface area (Å²) in [5, 5.41) is 10.2. The molecule has 1 aromatic carbocycles. The Morgan fingerprint density at radius 2 is 2.21 bits per heavy atom. The average molecular weight is 271 g/mol. The summed E-state index contributed by atoms with van der Waals surface area (Å²) < 4.78 is 2.86. The fraction of sp³-hybridized carbons (Fsp3) is 0.143. The monoisotopic (exact) mass is 271 g/mol. The number of benzene rings is 1. The van der Waals surface area contributed by atoms with Gasteiger partial charge in [-0.25, -0.2) is 0 Å². The molecule has 4 nitrogen and oxygen atoms in total. The Morgan fingerprint density at radius 1 is 1.37 bits per heavy atom. The lowest BCUT2D eigenvalue weighted by Crippen LogP contribution is -2.14. The molecule has 0 fully saturated rings. The summed E-state index contributed by atoms with van der Waals surface area (Å²) in [6.45, 7) is 1.88. The van der Waals surface area contributed by atoms with Crippen LogP contribution in [0.5, 0.6) is 0 Å². The van der Waals surface area contributed by atoms with Crippen LogP contribution in [-0.2, 0) is 7.05 Å². The summed E-state index contributed by atoms with van der Waals surface area (Å²) >= 11 is 1.69. The molecule has 2 aromatic heterocycles. The van der Waals surface area contributed by atoms with Crippen molar-refractivity contribution >= 4 is 33.0 Å². The normalized spacial score (nSPS) is 10.8. The molecule has 0 unspecified atom stereocenters. The van der Waals surface area contributed by atoms with Gasteiger partial charge in [0.2, 0.25) is 0 Å². The summed E-state index contributed by atoms with van der Waals surface area (Å²) in [6, 6.07) is 7.94. The smallest absolute Gasteiger partial charge is 0.276 e. The highest BCUT2D eigenvalue weighted by molar-refractivity contribution is 7.17. The third-order valence-electron chi connectivity index (χ3n) is 2.94. The maximum absolute atomic E-state index is 12.1. The van der Waals surface area contributed by atoms with Gasteiger partial charge in [0, 0.05) is 29.2 Å². The van der Waals surface area contributed by atoms with E-state index in [1.807, 2.05) is 42.8 Å². The van der Waals surface area contributed by atoms with Crippen LogP contribution in [-0.4, -0.2) is 15.7 Å². The van der Waals surface area contributed by atoms with E-state index >= 15 is 0 Å². The average Bonchev–Trinajstić information content (AvgIpc) is 2.94. The molecule has 3 rings (SSSR count). The maximum atomic E-state index is 12.1. The van der Waals surface area contributed by atoms with E-state index in [-0.39, 0.29) is 5.91 Å². The number of aromatic nitrogens is 2. The van der Waals surface area contributed by atoms with Crippen LogP contribution in [0, 0.1) is 6.92 Å². The van der Waals surface area contributed by atoms with Gasteiger partial charge in [0.15, 0.2) is 5.69 Å². The van der Waals surface area contributed by atoms with Crippen molar-refractivity contribution in [3.05, 3.63) is 47.1 Å². The predicted octanol–water partition coefficient (Wildman–Crippen LogP) is 3.20. The number of aryl methyl sites for hydroxylation is 2. The predicted molar refractivity (Wildman–Crippen MR) is 77.7 cm³/mol. The van der Waals surface area contributed by atoms with Crippen LogP contribution < -0.4 is 5.32 Å². The van der Waals surface area contributed by atoms with Crippen LogP contribution in [0.2, 0.25) is 0 Å². The number of nitrogens with zero attached hydrogens (tertiary/aromatic N) is 2. The SMILES string of the molecule is Cc1cn(C)nc1C(=O)Nc1ccc2sccc2c1. The largest absolute Gasteiger partial charge is 0.321 e. The molecule has 96 valence electrons. The Morgan fingerprint density at radius 3 is 2.95 bits per heavy atom. The standard InChI is InChI=1S/C14H13N3OS/c1-9-8-17(2)16-13(9)14(18)15-11-3-4-12-10(7-11)5-6-19-12/h3-8H,1-2H3,(H,15,18). The fourth-order valence-corrected chi connectivity index (χ4v) is 2.84. The molecule has 5 heteroatoms. The Balaban J connectivity index is 1.88. The van der Waals surface area contributed by atoms with E-state index in [0.29, 0.717) is 5.69 Å². The molecule has 0 saturated heterocycles. The lowest BCUT2D eigenvalue weighted by Gasteiger charge is -2.04. The van der Waals surface area contributed by atoms with Crippen molar-refractivity contribution in [3.8, 4) is 0 Å². The van der Waals surface area contributed by atoms with E-state index in [9.17, 15) is 4.79 Å². The van der Waals surface area contributed by atoms with Crippen molar-refractivity contribution in [1.82, 2.24) is 9.78 Å². The van der Waals surface area contributed by atoms with Gasteiger partial charge in [-0.1, -0.05) is 0 Å². The molecule has 3 aromatic rings. The van der Waals surface area contributed by atoms with Crippen molar-refractivity contribution < 1.29 is 4.79 Å². The molecule has 0 atom stereocenters. The number of carbonyl (C=O) groups is 1. The summed E-state index contributed by atoms with van der Waals surface area (Å²) in [5.41, 5.74) is 2.13. The Kier molecular flexibility index (Phi) is 2.83. The fourth-order valence-electron chi connectivity index (χ4n) is 2.07. The molecular formula is C14H13N3OS. The quantitative estimate of drug-likeness (QED) is 0.778. The zero-order chi connectivity index (χ0) is 13.4. The second kappa shape index (κ2) is 4.51. The number of rotatable bonds is 2. The van der Waals surface area contributed by atoms with E-state index in [4.69, 9.17) is 0 Å². The first-order valence-corrected chi connectivity index (χ1v) is 6.80. The lowest BCUT2D eigenvalue weighted by atomic mass is 10.2. The van der Waals surface area contributed by atoms with Gasteiger partial charge in [0.25, 0.3) is 5.91 Å². The van der Waals surface area contributed by atoms with Gasteiger partial charge in [-0.15, -0.1) is 11.3 Å². The molecule has 1 N–H and O–H groups in total. The van der Waals surface area contributed by atoms with Gasteiger partial charge in [-0.2, -0.15) is 5.10 Å². The number of thiophene rings is 1. The Bertz CT molecular complexity index is 757. The van der Waals surface area contributed by atoms with Gasteiger partial charge in [0.1, 0.15) is 0 Å². The first-order valence-electron chi connectivity index (χ1n) is 5.92. The van der Waals surface area contributed by atoms with Crippen molar-refractivity contribution in [2.45, 2.75) is 6.92 Å². The zero-order valence-electron chi connectivity index (χ0n) is 10.7. The van der Waals surface area contributed by atoms with E-state index < -0.39 is 0 Å². The molecule has 1 amide bonds. The van der Waals surface area contributed by atoms with Crippen molar-refractivity contribution in [3.63, 3.8) is 0 Å². The molecule has 0 spiro atoms. The Labute approximate surface area is 114 Å². The van der Waals surface area contributed by atoms with Gasteiger partial charge < -0.3 is 5.32 Å². The van der Waals surface area contributed by atoms with Crippen molar-refractivity contribution in [2.75, 3.05) is 5.32 Å². The molecule has 0 radical (unpaired) electrons. The first kappa shape index (κ1) is 11.9. The molecule has 2 heterocycles. The first-order chi connectivity index (χ1) is 9.13. The topological polar surface area (TPSA) is 46.9 Å². The number of nitrogens with one attached hydrogen (secondary N) is 1. The summed E-state index contributed by atoms with van der Waals surface area (Å²) in [5.74, 6) is -0.173. The van der Waals surface area contributed by atoms with Gasteiger partial charge in [0.05, 0.1) is 0 Å². The minimum atomic E-state index is -0.173. The van der Waals surface area contributed by atoms with Crippen LogP contribution in [0.3, 0.4) is 0 Å². The maximum Gasteiger partial charge on any atom is 0.276 e. The molecular weight excluding hydrogens is 258 g/mol. The summed E-state index contributed by atoms with van der Waals surface area (Å²) in [7, 11) is 1.81. The van der Waals surface area contributed by atoms with E-state index in [1.54, 1.807) is 23.1 Å². The third kappa shape index (κ3) is 2.24. The number of anilines is 1. The van der Waals surface area contributed by atoms with E-state index in [2.05, 4.69) is 10.4 Å². The number of hydrogen-bond donors (Lipinski definition) is 1. The third-order valence-corrected chi connectivity index (χ3v) is 3.83. The summed E-state index contributed by atoms with van der Waals surface area (Å²) in [6.07, 6.45) is 1.83. The second-order valence-corrected chi connectivity index (χ2v) is 5.41. The molecule has 0 bridgehead atoms. The molecule has 0 saturated carbocycles. The van der Waals surface area contributed by atoms with Gasteiger partial charge in [-0.05, 0) is 42.0 Å². The molecule has 0 aliphatic carbocycles. The molecule has 0 aliphatic heterocycles. The number of carbonyl (C=O) groups excluding carboxylic acids is 1. The lowest BCUT2D eigenvalue weighted by molar-refractivity contribution is 0.102.